The summed E-state index contributed by atoms with van der Waals surface area (Å²) in [5, 5.41) is 0. The molecule has 0 saturated heterocycles. The molecule has 0 radical (unpaired) electrons. The Morgan fingerprint density at radius 2 is 1.68 bits per heavy atom. The van der Waals surface area contributed by atoms with Gasteiger partial charge in [0.05, 0.1) is 0 Å². The van der Waals surface area contributed by atoms with Crippen LogP contribution in [0.25, 0.3) is 0 Å². The topological polar surface area (TPSA) is 0 Å². The molecule has 0 bridgehead atoms. The normalized spacial score (nSPS) is 42.4. The van der Waals surface area contributed by atoms with Crippen molar-refractivity contribution < 1.29 is 0 Å². The van der Waals surface area contributed by atoms with Gasteiger partial charge in [-0.15, -0.1) is 0 Å². The first-order valence-corrected chi connectivity index (χ1v) is 11.4. The van der Waals surface area contributed by atoms with Crippen LogP contribution in [0.15, 0.2) is 12.2 Å². The van der Waals surface area contributed by atoms with Gasteiger partial charge in [-0.3, -0.25) is 0 Å². The highest BCUT2D eigenvalue weighted by molar-refractivity contribution is 5.05. The highest BCUT2D eigenvalue weighted by Gasteiger charge is 2.55. The number of allylic oxidation sites excluding steroid dienone is 2. The average Bonchev–Trinajstić information content (AvgIpc) is 3.40. The number of rotatable bonds is 10. The second kappa shape index (κ2) is 7.77. The van der Waals surface area contributed by atoms with Crippen molar-refractivity contribution in [3.05, 3.63) is 12.2 Å². The van der Waals surface area contributed by atoms with Gasteiger partial charge in [0.2, 0.25) is 0 Å². The highest BCUT2D eigenvalue weighted by atomic mass is 14.6. The van der Waals surface area contributed by atoms with Crippen LogP contribution in [0, 0.1) is 52.8 Å². The Labute approximate surface area is 158 Å². The third-order valence-corrected chi connectivity index (χ3v) is 8.51. The Balaban J connectivity index is 1.36. The molecule has 0 amide bonds. The molecule has 0 aromatic heterocycles. The molecule has 3 aliphatic rings. The van der Waals surface area contributed by atoms with Crippen molar-refractivity contribution >= 4 is 0 Å². The zero-order chi connectivity index (χ0) is 18.2. The minimum atomic E-state index is 0.732. The van der Waals surface area contributed by atoms with Crippen LogP contribution in [0.4, 0.5) is 0 Å². The quantitative estimate of drug-likeness (QED) is 0.355. The monoisotopic (exact) mass is 344 g/mol. The Bertz CT molecular complexity index is 461. The smallest absolute Gasteiger partial charge is 0.0259 e. The van der Waals surface area contributed by atoms with Crippen LogP contribution >= 0.6 is 0 Å². The summed E-state index contributed by atoms with van der Waals surface area (Å²) in [5.74, 6) is 7.92. The zero-order valence-corrected chi connectivity index (χ0v) is 17.9. The molecule has 0 aromatic carbocycles. The van der Waals surface area contributed by atoms with Gasteiger partial charge in [-0.2, -0.15) is 0 Å². The van der Waals surface area contributed by atoms with E-state index in [2.05, 4.69) is 53.7 Å². The van der Waals surface area contributed by atoms with E-state index in [4.69, 9.17) is 0 Å². The molecule has 8 atom stereocenters. The first kappa shape index (κ1) is 19.5. The Kier molecular flexibility index (Phi) is 6.06. The van der Waals surface area contributed by atoms with E-state index in [1.54, 1.807) is 25.7 Å². The molecule has 0 N–H and O–H groups in total. The zero-order valence-electron chi connectivity index (χ0n) is 17.9. The largest absolute Gasteiger partial charge is 0.0914 e. The first-order valence-electron chi connectivity index (χ1n) is 11.4. The summed E-state index contributed by atoms with van der Waals surface area (Å²) in [5.41, 5.74) is 0.732. The van der Waals surface area contributed by atoms with E-state index < -0.39 is 0 Å². The molecule has 0 nitrogen and oxygen atoms in total. The summed E-state index contributed by atoms with van der Waals surface area (Å²) >= 11 is 0. The Morgan fingerprint density at radius 1 is 0.960 bits per heavy atom. The molecule has 3 rings (SSSR count). The SMILES string of the molecule is CC=CC(C)CC1CCC1CC1CC1(C)CC1CC1CC(C)C(C)C. The van der Waals surface area contributed by atoms with Crippen LogP contribution in [0.1, 0.15) is 92.9 Å². The van der Waals surface area contributed by atoms with E-state index in [0.29, 0.717) is 0 Å². The fourth-order valence-corrected chi connectivity index (χ4v) is 5.83. The summed E-state index contributed by atoms with van der Waals surface area (Å²) in [6, 6.07) is 0. The highest BCUT2D eigenvalue weighted by Crippen LogP contribution is 2.64. The van der Waals surface area contributed by atoms with E-state index in [9.17, 15) is 0 Å². The van der Waals surface area contributed by atoms with Gasteiger partial charge in [-0.25, -0.2) is 0 Å². The lowest BCUT2D eigenvalue weighted by Crippen LogP contribution is -2.28. The van der Waals surface area contributed by atoms with Crippen molar-refractivity contribution in [1.29, 1.82) is 0 Å². The van der Waals surface area contributed by atoms with E-state index in [-0.39, 0.29) is 0 Å². The van der Waals surface area contributed by atoms with E-state index in [1.165, 1.54) is 25.7 Å². The minimum absolute atomic E-state index is 0.732. The summed E-state index contributed by atoms with van der Waals surface area (Å²) < 4.78 is 0. The molecule has 0 heteroatoms. The predicted octanol–water partition coefficient (Wildman–Crippen LogP) is 7.74. The average molecular weight is 345 g/mol. The molecule has 3 fully saturated rings. The Morgan fingerprint density at radius 3 is 2.28 bits per heavy atom. The molecule has 144 valence electrons. The van der Waals surface area contributed by atoms with Gasteiger partial charge in [0.15, 0.2) is 0 Å². The van der Waals surface area contributed by atoms with Crippen LogP contribution < -0.4 is 0 Å². The minimum Gasteiger partial charge on any atom is -0.0914 e. The van der Waals surface area contributed by atoms with Gasteiger partial charge in [-0.05, 0) is 111 Å². The third-order valence-electron chi connectivity index (χ3n) is 8.51. The van der Waals surface area contributed by atoms with Crippen LogP contribution in [-0.4, -0.2) is 0 Å². The molecule has 0 spiro atoms. The van der Waals surface area contributed by atoms with Crippen molar-refractivity contribution in [3.63, 3.8) is 0 Å². The standard InChI is InChI=1S/C25H44/c1-7-8-18(4)11-20-9-10-21(20)14-24-16-25(24,6)15-23-13-22(23)12-19(5)17(2)3/h7-8,17-24H,9-16H2,1-6H3. The summed E-state index contributed by atoms with van der Waals surface area (Å²) in [7, 11) is 0. The van der Waals surface area contributed by atoms with Crippen molar-refractivity contribution in [1.82, 2.24) is 0 Å². The van der Waals surface area contributed by atoms with E-state index in [1.807, 2.05) is 0 Å². The first-order chi connectivity index (χ1) is 11.8. The molecule has 0 heterocycles. The molecule has 3 saturated carbocycles. The van der Waals surface area contributed by atoms with Gasteiger partial charge in [0, 0.05) is 0 Å². The van der Waals surface area contributed by atoms with E-state index >= 15 is 0 Å². The van der Waals surface area contributed by atoms with Gasteiger partial charge in [-0.1, -0.05) is 46.8 Å². The van der Waals surface area contributed by atoms with Crippen molar-refractivity contribution in [2.24, 2.45) is 52.8 Å². The lowest BCUT2D eigenvalue weighted by Gasteiger charge is -2.38. The lowest BCUT2D eigenvalue weighted by molar-refractivity contribution is 0.128. The Hall–Kier alpha value is -0.260. The second-order valence-electron chi connectivity index (χ2n) is 11.0. The molecule has 3 aliphatic carbocycles. The molecule has 25 heavy (non-hydrogen) atoms. The molecule has 0 aliphatic heterocycles. The lowest BCUT2D eigenvalue weighted by atomic mass is 9.67. The van der Waals surface area contributed by atoms with E-state index in [0.717, 1.165) is 52.8 Å². The molecule has 8 unspecified atom stereocenters. The maximum Gasteiger partial charge on any atom is -0.0259 e. The third kappa shape index (κ3) is 4.92. The number of hydrogen-bond acceptors (Lipinski definition) is 0. The maximum absolute atomic E-state index is 2.62. The van der Waals surface area contributed by atoms with Crippen LogP contribution in [0.5, 0.6) is 0 Å². The summed E-state index contributed by atoms with van der Waals surface area (Å²) in [4.78, 5) is 0. The summed E-state index contributed by atoms with van der Waals surface area (Å²) in [6.45, 7) is 14.4. The second-order valence-corrected chi connectivity index (χ2v) is 11.0. The molecular formula is C25H44. The van der Waals surface area contributed by atoms with Crippen molar-refractivity contribution in [2.45, 2.75) is 92.9 Å². The van der Waals surface area contributed by atoms with Crippen LogP contribution in [0.3, 0.4) is 0 Å². The van der Waals surface area contributed by atoms with Crippen molar-refractivity contribution in [3.8, 4) is 0 Å². The van der Waals surface area contributed by atoms with Gasteiger partial charge >= 0.3 is 0 Å². The maximum atomic E-state index is 2.62. The van der Waals surface area contributed by atoms with Crippen LogP contribution in [0.2, 0.25) is 0 Å². The molecular weight excluding hydrogens is 300 g/mol. The predicted molar refractivity (Wildman–Crippen MR) is 110 cm³/mol. The summed E-state index contributed by atoms with van der Waals surface area (Å²) in [6.07, 6.45) is 16.8. The number of hydrogen-bond donors (Lipinski definition) is 0. The van der Waals surface area contributed by atoms with Crippen LogP contribution in [-0.2, 0) is 0 Å². The van der Waals surface area contributed by atoms with Gasteiger partial charge < -0.3 is 0 Å². The fraction of sp³-hybridized carbons (Fsp3) is 0.920. The molecule has 0 aromatic rings. The fourth-order valence-electron chi connectivity index (χ4n) is 5.83. The van der Waals surface area contributed by atoms with Gasteiger partial charge in [0.1, 0.15) is 0 Å². The van der Waals surface area contributed by atoms with Crippen molar-refractivity contribution in [2.75, 3.05) is 0 Å². The van der Waals surface area contributed by atoms with Gasteiger partial charge in [0.25, 0.3) is 0 Å².